The smallest absolute Gasteiger partial charge is 0.332 e. The molecule has 2 N–H and O–H groups in total. The minimum atomic E-state index is -4.43. The maximum absolute atomic E-state index is 12.4. The van der Waals surface area contributed by atoms with Crippen molar-refractivity contribution in [3.63, 3.8) is 0 Å². The molecule has 2 rings (SSSR count). The number of hydrogen-bond donors (Lipinski definition) is 1. The molecule has 108 valence electrons. The van der Waals surface area contributed by atoms with Crippen LogP contribution in [0.5, 0.6) is 0 Å². The van der Waals surface area contributed by atoms with Crippen molar-refractivity contribution in [3.05, 3.63) is 29.7 Å². The Hall–Kier alpha value is -1.96. The van der Waals surface area contributed by atoms with Crippen molar-refractivity contribution in [2.45, 2.75) is 32.0 Å². The van der Waals surface area contributed by atoms with E-state index in [1.54, 1.807) is 6.92 Å². The molecule has 0 aliphatic rings. The quantitative estimate of drug-likeness (QED) is 0.938. The van der Waals surface area contributed by atoms with Gasteiger partial charge in [-0.25, -0.2) is 0 Å². The number of nitrogens with two attached hydrogens (primary N) is 1. The summed E-state index contributed by atoms with van der Waals surface area (Å²) in [5.74, 6) is 0.329. The lowest BCUT2D eigenvalue weighted by Gasteiger charge is -2.16. The Balaban J connectivity index is 2.29. The number of rotatable bonds is 3. The van der Waals surface area contributed by atoms with E-state index in [9.17, 15) is 13.2 Å². The summed E-state index contributed by atoms with van der Waals surface area (Å²) in [5, 5.41) is 3.73. The van der Waals surface area contributed by atoms with Gasteiger partial charge in [0, 0.05) is 6.20 Å². The summed E-state index contributed by atoms with van der Waals surface area (Å²) in [7, 11) is 0. The molecule has 0 aliphatic heterocycles. The first kappa shape index (κ1) is 14.4. The van der Waals surface area contributed by atoms with Gasteiger partial charge >= 0.3 is 6.18 Å². The van der Waals surface area contributed by atoms with E-state index in [4.69, 9.17) is 10.3 Å². The van der Waals surface area contributed by atoms with Crippen LogP contribution in [0.2, 0.25) is 0 Å². The number of aromatic nitrogens is 3. The number of pyridine rings is 1. The Morgan fingerprint density at radius 1 is 1.30 bits per heavy atom. The lowest BCUT2D eigenvalue weighted by atomic mass is 10.0. The van der Waals surface area contributed by atoms with Crippen molar-refractivity contribution in [2.75, 3.05) is 0 Å². The average Bonchev–Trinajstić information content (AvgIpc) is 2.88. The van der Waals surface area contributed by atoms with Crippen LogP contribution in [0.3, 0.4) is 0 Å². The second kappa shape index (κ2) is 4.86. The average molecular weight is 286 g/mol. The molecule has 5 nitrogen and oxygen atoms in total. The van der Waals surface area contributed by atoms with E-state index in [2.05, 4.69) is 15.1 Å². The maximum Gasteiger partial charge on any atom is 0.417 e. The second-order valence-electron chi connectivity index (χ2n) is 4.62. The molecular formula is C12H13F3N4O. The molecule has 0 aromatic carbocycles. The highest BCUT2D eigenvalue weighted by Gasteiger charge is 2.31. The summed E-state index contributed by atoms with van der Waals surface area (Å²) in [6, 6.07) is 2.09. The minimum Gasteiger partial charge on any atom is -0.332 e. The molecule has 2 heterocycles. The third kappa shape index (κ3) is 2.79. The van der Waals surface area contributed by atoms with Crippen molar-refractivity contribution >= 4 is 0 Å². The first-order valence-corrected chi connectivity index (χ1v) is 5.90. The Kier molecular flexibility index (Phi) is 3.51. The van der Waals surface area contributed by atoms with E-state index in [1.165, 1.54) is 6.07 Å². The lowest BCUT2D eigenvalue weighted by Crippen LogP contribution is -2.33. The van der Waals surface area contributed by atoms with E-state index in [-0.39, 0.29) is 17.4 Å². The van der Waals surface area contributed by atoms with Crippen LogP contribution in [0.4, 0.5) is 13.2 Å². The summed E-state index contributed by atoms with van der Waals surface area (Å²) in [5.41, 5.74) is 4.53. The molecule has 0 radical (unpaired) electrons. The Morgan fingerprint density at radius 3 is 2.50 bits per heavy atom. The number of halogens is 3. The summed E-state index contributed by atoms with van der Waals surface area (Å²) >= 11 is 0. The zero-order chi connectivity index (χ0) is 15.0. The SMILES string of the molecule is CCC(C)(N)c1noc(-c2ccc(C(F)(F)F)cn2)n1. The molecule has 0 aliphatic carbocycles. The Morgan fingerprint density at radius 2 is 2.00 bits per heavy atom. The third-order valence-electron chi connectivity index (χ3n) is 2.98. The summed E-state index contributed by atoms with van der Waals surface area (Å²) < 4.78 is 42.2. The van der Waals surface area contributed by atoms with E-state index in [0.29, 0.717) is 6.42 Å². The van der Waals surface area contributed by atoms with Gasteiger partial charge in [0.05, 0.1) is 11.1 Å². The number of hydrogen-bond acceptors (Lipinski definition) is 5. The van der Waals surface area contributed by atoms with Crippen molar-refractivity contribution in [2.24, 2.45) is 5.73 Å². The van der Waals surface area contributed by atoms with Crippen LogP contribution >= 0.6 is 0 Å². The first-order valence-electron chi connectivity index (χ1n) is 5.90. The predicted molar refractivity (Wildman–Crippen MR) is 64.4 cm³/mol. The molecule has 0 bridgehead atoms. The van der Waals surface area contributed by atoms with Crippen LogP contribution in [-0.2, 0) is 11.7 Å². The number of nitrogens with zero attached hydrogens (tertiary/aromatic N) is 3. The van der Waals surface area contributed by atoms with Gasteiger partial charge in [-0.05, 0) is 25.5 Å². The number of alkyl halides is 3. The molecule has 0 spiro atoms. The van der Waals surface area contributed by atoms with Gasteiger partial charge in [-0.2, -0.15) is 18.2 Å². The predicted octanol–water partition coefficient (Wildman–Crippen LogP) is 2.73. The van der Waals surface area contributed by atoms with Crippen LogP contribution in [0.25, 0.3) is 11.6 Å². The standard InChI is InChI=1S/C12H13F3N4O/c1-3-11(2,16)10-18-9(20-19-10)8-5-4-7(6-17-8)12(13,14)15/h4-6H,3,16H2,1-2H3. The molecule has 0 amide bonds. The normalized spacial score (nSPS) is 15.1. The van der Waals surface area contributed by atoms with Crippen molar-refractivity contribution in [1.29, 1.82) is 0 Å². The van der Waals surface area contributed by atoms with Gasteiger partial charge in [0.2, 0.25) is 0 Å². The molecule has 2 aromatic heterocycles. The van der Waals surface area contributed by atoms with E-state index >= 15 is 0 Å². The second-order valence-corrected chi connectivity index (χ2v) is 4.62. The third-order valence-corrected chi connectivity index (χ3v) is 2.98. The Bertz CT molecular complexity index is 589. The molecule has 0 saturated carbocycles. The summed E-state index contributed by atoms with van der Waals surface area (Å²) in [4.78, 5) is 7.75. The van der Waals surface area contributed by atoms with Gasteiger partial charge in [0.15, 0.2) is 5.82 Å². The van der Waals surface area contributed by atoms with E-state index < -0.39 is 17.3 Å². The molecule has 0 saturated heterocycles. The van der Waals surface area contributed by atoms with E-state index in [1.807, 2.05) is 6.92 Å². The van der Waals surface area contributed by atoms with Gasteiger partial charge < -0.3 is 10.3 Å². The Labute approximate surface area is 113 Å². The fraction of sp³-hybridized carbons (Fsp3) is 0.417. The fourth-order valence-corrected chi connectivity index (χ4v) is 1.41. The maximum atomic E-state index is 12.4. The van der Waals surface area contributed by atoms with Crippen LogP contribution in [0.1, 0.15) is 31.7 Å². The van der Waals surface area contributed by atoms with E-state index in [0.717, 1.165) is 12.3 Å². The van der Waals surface area contributed by atoms with Gasteiger partial charge in [0.1, 0.15) is 5.69 Å². The molecule has 20 heavy (non-hydrogen) atoms. The zero-order valence-corrected chi connectivity index (χ0v) is 10.9. The van der Waals surface area contributed by atoms with Gasteiger partial charge in [0.25, 0.3) is 5.89 Å². The van der Waals surface area contributed by atoms with Gasteiger partial charge in [-0.1, -0.05) is 12.1 Å². The molecule has 0 fully saturated rings. The van der Waals surface area contributed by atoms with Crippen molar-refractivity contribution in [1.82, 2.24) is 15.1 Å². The monoisotopic (exact) mass is 286 g/mol. The molecule has 2 aromatic rings. The van der Waals surface area contributed by atoms with Gasteiger partial charge in [-0.15, -0.1) is 0 Å². The summed E-state index contributed by atoms with van der Waals surface area (Å²) in [6.07, 6.45) is -3.11. The highest BCUT2D eigenvalue weighted by molar-refractivity contribution is 5.46. The van der Waals surface area contributed by atoms with Crippen LogP contribution < -0.4 is 5.73 Å². The lowest BCUT2D eigenvalue weighted by molar-refractivity contribution is -0.137. The molecule has 1 atom stereocenters. The van der Waals surface area contributed by atoms with Gasteiger partial charge in [-0.3, -0.25) is 4.98 Å². The van der Waals surface area contributed by atoms with Crippen molar-refractivity contribution in [3.8, 4) is 11.6 Å². The van der Waals surface area contributed by atoms with Crippen LogP contribution in [0, 0.1) is 0 Å². The summed E-state index contributed by atoms with van der Waals surface area (Å²) in [6.45, 7) is 3.61. The highest BCUT2D eigenvalue weighted by Crippen LogP contribution is 2.29. The molecule has 8 heteroatoms. The largest absolute Gasteiger partial charge is 0.417 e. The minimum absolute atomic E-state index is 0.0406. The molecular weight excluding hydrogens is 273 g/mol. The van der Waals surface area contributed by atoms with Crippen molar-refractivity contribution < 1.29 is 17.7 Å². The highest BCUT2D eigenvalue weighted by atomic mass is 19.4. The van der Waals surface area contributed by atoms with Crippen LogP contribution in [0.15, 0.2) is 22.9 Å². The topological polar surface area (TPSA) is 77.8 Å². The first-order chi connectivity index (χ1) is 9.24. The molecule has 1 unspecified atom stereocenters. The fourth-order valence-electron chi connectivity index (χ4n) is 1.41. The zero-order valence-electron chi connectivity index (χ0n) is 10.9. The van der Waals surface area contributed by atoms with Crippen LogP contribution in [-0.4, -0.2) is 15.1 Å².